The van der Waals surface area contributed by atoms with E-state index in [4.69, 9.17) is 95.9 Å². The minimum Gasteiger partial charge on any atom is -0.467 e. The Morgan fingerprint density at radius 2 is 0.966 bits per heavy atom. The standard InChI is InChI=1S/C27H32Cl2N2O6S.C27H32Cl2N2O4S.C7H5ClO3.CH2Cl2/c1-37-25(33)22(31-26(34)27(13-3-4-14-27)15-6-16-38(2,35)36)17-18-9-11-19(12-10-18)30-24(32)23-20(28)7-5-8-21(23)29;1-35-25(33)22(31-26(34)27(13-3-4-14-27)15-6-16-36-2)17-18-9-11-19(12-10-18)30-24(32)23-20(28)7-5-8-21(23)29;8-6-3-1-2-5(4-6)7(9)11-10;2-1-3/h5,7-12,22H,3-4,6,13-17H2,1-2H3,(H,30,32)(H,31,34);5,7-12,22H,3-4,6,13-17H2,1-2H3,(H,30,32)(H,31,34);1-4,10H;1H2. The molecular formula is C62H71Cl7N4O13S2. The highest BCUT2D eigenvalue weighted by molar-refractivity contribution is 7.98. The molecule has 0 radical (unpaired) electrons. The maximum absolute atomic E-state index is 13.4. The highest BCUT2D eigenvalue weighted by Crippen LogP contribution is 2.44. The third-order valence-corrected chi connectivity index (χ3v) is 17.9. The molecule has 5 aromatic carbocycles. The molecule has 88 heavy (non-hydrogen) atoms. The fourth-order valence-corrected chi connectivity index (χ4v) is 12.6. The van der Waals surface area contributed by atoms with Gasteiger partial charge in [0.15, 0.2) is 0 Å². The number of alkyl halides is 2. The Bertz CT molecular complexity index is 3220. The fraction of sp³-hybridized carbons (Fsp3) is 0.403. The van der Waals surface area contributed by atoms with Gasteiger partial charge < -0.3 is 30.7 Å². The van der Waals surface area contributed by atoms with Crippen molar-refractivity contribution in [3.63, 3.8) is 0 Å². The molecule has 2 atom stereocenters. The van der Waals surface area contributed by atoms with Gasteiger partial charge in [-0.05, 0) is 141 Å². The Kier molecular flexibility index (Phi) is 32.2. The van der Waals surface area contributed by atoms with Crippen molar-refractivity contribution in [1.29, 1.82) is 0 Å². The van der Waals surface area contributed by atoms with Crippen LogP contribution in [0, 0.1) is 10.8 Å². The topological polar surface area (TPSA) is 250 Å². The summed E-state index contributed by atoms with van der Waals surface area (Å²) in [5.41, 5.74) is 2.12. The Morgan fingerprint density at radius 3 is 1.31 bits per heavy atom. The van der Waals surface area contributed by atoms with Gasteiger partial charge in [-0.3, -0.25) is 24.1 Å². The van der Waals surface area contributed by atoms with E-state index in [-0.39, 0.29) is 72.5 Å². The highest BCUT2D eigenvalue weighted by atomic mass is 35.5. The summed E-state index contributed by atoms with van der Waals surface area (Å²) in [5, 5.41) is 21.0. The summed E-state index contributed by atoms with van der Waals surface area (Å²) in [6, 6.07) is 28.0. The number of nitrogens with one attached hydrogen (secondary N) is 4. The molecule has 5 aromatic rings. The second-order valence-electron chi connectivity index (χ2n) is 20.8. The van der Waals surface area contributed by atoms with E-state index in [1.807, 2.05) is 0 Å². The number of halogens is 7. The minimum atomic E-state index is -3.13. The number of amides is 4. The number of hydrogen-bond acceptors (Lipinski definition) is 14. The monoisotopic (exact) mass is 1390 g/mol. The molecule has 0 aliphatic heterocycles. The van der Waals surface area contributed by atoms with E-state index in [1.54, 1.807) is 109 Å². The van der Waals surface area contributed by atoms with Crippen LogP contribution in [0.15, 0.2) is 109 Å². The maximum Gasteiger partial charge on any atom is 0.372 e. The molecular weight excluding hydrogens is 1320 g/mol. The lowest BCUT2D eigenvalue weighted by atomic mass is 9.80. The van der Waals surface area contributed by atoms with Crippen LogP contribution in [0.4, 0.5) is 11.4 Å². The van der Waals surface area contributed by atoms with E-state index >= 15 is 0 Å². The van der Waals surface area contributed by atoms with Crippen molar-refractivity contribution in [1.82, 2.24) is 10.6 Å². The zero-order chi connectivity index (χ0) is 65.0. The molecule has 2 aliphatic rings. The second-order valence-corrected chi connectivity index (χ2v) is 26.9. The van der Waals surface area contributed by atoms with E-state index in [0.717, 1.165) is 68.2 Å². The van der Waals surface area contributed by atoms with Gasteiger partial charge in [-0.2, -0.15) is 17.0 Å². The third kappa shape index (κ3) is 23.8. The lowest BCUT2D eigenvalue weighted by molar-refractivity contribution is -0.182. The molecule has 0 spiro atoms. The number of thioether (sulfide) groups is 1. The normalized spacial score (nSPS) is 14.3. The van der Waals surface area contributed by atoms with Crippen LogP contribution in [0.1, 0.15) is 119 Å². The van der Waals surface area contributed by atoms with E-state index < -0.39 is 62.5 Å². The Morgan fingerprint density at radius 1 is 0.591 bits per heavy atom. The van der Waals surface area contributed by atoms with Crippen LogP contribution in [0.3, 0.4) is 0 Å². The van der Waals surface area contributed by atoms with Crippen molar-refractivity contribution in [3.8, 4) is 0 Å². The zero-order valence-corrected chi connectivity index (χ0v) is 55.8. The molecule has 2 aliphatic carbocycles. The number of hydrogen-bond donors (Lipinski definition) is 5. The van der Waals surface area contributed by atoms with Gasteiger partial charge in [-0.1, -0.05) is 126 Å². The summed E-state index contributed by atoms with van der Waals surface area (Å²) in [7, 11) is -0.541. The van der Waals surface area contributed by atoms with Crippen LogP contribution in [0.25, 0.3) is 0 Å². The molecule has 2 fully saturated rings. The van der Waals surface area contributed by atoms with Gasteiger partial charge in [0.2, 0.25) is 11.8 Å². The quantitative estimate of drug-likeness (QED) is 0.0102. The number of benzene rings is 5. The van der Waals surface area contributed by atoms with Crippen molar-refractivity contribution in [3.05, 3.63) is 162 Å². The number of rotatable bonds is 23. The van der Waals surface area contributed by atoms with Gasteiger partial charge in [0.05, 0.1) is 56.3 Å². The number of sulfone groups is 1. The number of carbonyl (C=O) groups excluding carboxylic acids is 7. The molecule has 5 N–H and O–H groups in total. The predicted octanol–water partition coefficient (Wildman–Crippen LogP) is 14.4. The van der Waals surface area contributed by atoms with E-state index in [9.17, 15) is 42.0 Å². The molecule has 26 heteroatoms. The molecule has 0 heterocycles. The number of carbonyl (C=O) groups is 7. The Labute approximate surface area is 553 Å². The summed E-state index contributed by atoms with van der Waals surface area (Å²) in [4.78, 5) is 91.2. The summed E-state index contributed by atoms with van der Waals surface area (Å²) >= 11 is 41.3. The molecule has 2 unspecified atom stereocenters. The lowest BCUT2D eigenvalue weighted by Crippen LogP contribution is -2.49. The van der Waals surface area contributed by atoms with E-state index in [2.05, 4.69) is 32.4 Å². The van der Waals surface area contributed by atoms with Crippen LogP contribution >= 0.6 is 93.0 Å². The third-order valence-electron chi connectivity index (χ3n) is 14.7. The van der Waals surface area contributed by atoms with Crippen LogP contribution in [-0.2, 0) is 56.2 Å². The van der Waals surface area contributed by atoms with Crippen molar-refractivity contribution < 1.29 is 61.6 Å². The highest BCUT2D eigenvalue weighted by Gasteiger charge is 2.43. The Balaban J connectivity index is 0.000000309. The molecule has 0 bridgehead atoms. The molecule has 2 saturated carbocycles. The number of anilines is 2. The summed E-state index contributed by atoms with van der Waals surface area (Å²) in [6.07, 6.45) is 13.2. The van der Waals surface area contributed by atoms with E-state index in [1.165, 1.54) is 32.6 Å². The van der Waals surface area contributed by atoms with E-state index in [0.29, 0.717) is 42.1 Å². The van der Waals surface area contributed by atoms with Crippen molar-refractivity contribution in [2.75, 3.05) is 54.2 Å². The van der Waals surface area contributed by atoms with Crippen LogP contribution in [-0.4, -0.2) is 111 Å². The first-order chi connectivity index (χ1) is 41.9. The lowest BCUT2D eigenvalue weighted by Gasteiger charge is -2.30. The van der Waals surface area contributed by atoms with Crippen LogP contribution in [0.2, 0.25) is 25.1 Å². The molecule has 0 aromatic heterocycles. The zero-order valence-electron chi connectivity index (χ0n) is 48.9. The van der Waals surface area contributed by atoms with Gasteiger partial charge >= 0.3 is 17.9 Å². The minimum absolute atomic E-state index is 0.0219. The molecule has 17 nitrogen and oxygen atoms in total. The van der Waals surface area contributed by atoms with Crippen molar-refractivity contribution in [2.24, 2.45) is 10.8 Å². The van der Waals surface area contributed by atoms with Gasteiger partial charge in [0.1, 0.15) is 21.9 Å². The molecule has 7 rings (SSSR count). The largest absolute Gasteiger partial charge is 0.467 e. The molecule has 0 saturated heterocycles. The smallest absolute Gasteiger partial charge is 0.372 e. The number of methoxy groups -OCH3 is 2. The van der Waals surface area contributed by atoms with Crippen LogP contribution < -0.4 is 21.3 Å². The van der Waals surface area contributed by atoms with Gasteiger partial charge in [-0.25, -0.2) is 22.8 Å². The first-order valence-corrected chi connectivity index (χ1v) is 34.2. The summed E-state index contributed by atoms with van der Waals surface area (Å²) < 4.78 is 33.1. The average Bonchev–Trinajstić information content (AvgIpc) is 3.29. The summed E-state index contributed by atoms with van der Waals surface area (Å²) in [6.45, 7) is 0. The SMILES string of the molecule is COC(=O)C(Cc1ccc(NC(=O)c2c(Cl)cccc2Cl)cc1)NC(=O)C1(CCCS(C)(=O)=O)CCCC1.COC(=O)C(Cc1ccc(NC(=O)c2c(Cl)cccc2Cl)cc1)NC(=O)C1(CCCSC)CCCC1.ClCCl.O=C(OO)c1cccc(Cl)c1. The van der Waals surface area contributed by atoms with Gasteiger partial charge in [0, 0.05) is 52.1 Å². The summed E-state index contributed by atoms with van der Waals surface area (Å²) in [5.74, 6) is -2.01. The predicted molar refractivity (Wildman–Crippen MR) is 351 cm³/mol. The van der Waals surface area contributed by atoms with Gasteiger partial charge in [0.25, 0.3) is 11.8 Å². The molecule has 4 amide bonds. The first-order valence-electron chi connectivity index (χ1n) is 27.7. The van der Waals surface area contributed by atoms with Gasteiger partial charge in [-0.15, -0.1) is 23.2 Å². The molecule has 478 valence electrons. The number of ether oxygens (including phenoxy) is 2. The van der Waals surface area contributed by atoms with Crippen molar-refractivity contribution >= 4 is 156 Å². The second kappa shape index (κ2) is 37.7. The maximum atomic E-state index is 13.4. The Hall–Kier alpha value is -5.32. The first kappa shape index (κ1) is 75.1. The number of esters is 2. The average molecular weight is 1390 g/mol. The van der Waals surface area contributed by atoms with Crippen LogP contribution in [0.5, 0.6) is 0 Å². The fourth-order valence-electron chi connectivity index (χ4n) is 10.2. The van der Waals surface area contributed by atoms with Crippen molar-refractivity contribution in [2.45, 2.75) is 102 Å².